The molecule has 0 aromatic heterocycles. The number of halogens is 1. The maximum Gasteiger partial charge on any atom is 0.0992 e. The fourth-order valence-electron chi connectivity index (χ4n) is 1.99. The van der Waals surface area contributed by atoms with Crippen molar-refractivity contribution < 1.29 is 0 Å². The first kappa shape index (κ1) is 11.3. The molecule has 1 aromatic carbocycles. The van der Waals surface area contributed by atoms with Gasteiger partial charge in [-0.3, -0.25) is 0 Å². The summed E-state index contributed by atoms with van der Waals surface area (Å²) in [5.74, 6) is 1.65. The normalized spacial score (nSPS) is 22.6. The summed E-state index contributed by atoms with van der Waals surface area (Å²) < 4.78 is 0. The number of rotatable bonds is 3. The highest BCUT2D eigenvalue weighted by Crippen LogP contribution is 2.39. The van der Waals surface area contributed by atoms with Gasteiger partial charge in [0.05, 0.1) is 22.3 Å². The Morgan fingerprint density at radius 2 is 2.25 bits per heavy atom. The summed E-state index contributed by atoms with van der Waals surface area (Å²) in [7, 11) is 2.05. The molecular weight excluding hydrogens is 220 g/mol. The minimum atomic E-state index is 0.613. The second-order valence-corrected chi connectivity index (χ2v) is 5.04. The van der Waals surface area contributed by atoms with E-state index in [-0.39, 0.29) is 0 Å². The molecule has 0 heterocycles. The van der Waals surface area contributed by atoms with Crippen molar-refractivity contribution in [2.24, 2.45) is 11.8 Å². The summed E-state index contributed by atoms with van der Waals surface area (Å²) in [6.45, 7) is 3.33. The van der Waals surface area contributed by atoms with Crippen molar-refractivity contribution in [3.63, 3.8) is 0 Å². The van der Waals surface area contributed by atoms with Gasteiger partial charge in [0, 0.05) is 13.6 Å². The van der Waals surface area contributed by atoms with Gasteiger partial charge in [-0.15, -0.1) is 0 Å². The maximum absolute atomic E-state index is 8.76. The van der Waals surface area contributed by atoms with Gasteiger partial charge < -0.3 is 4.90 Å². The third kappa shape index (κ3) is 2.31. The van der Waals surface area contributed by atoms with Gasteiger partial charge in [-0.2, -0.15) is 5.26 Å². The molecule has 2 atom stereocenters. The highest BCUT2D eigenvalue weighted by molar-refractivity contribution is 6.33. The largest absolute Gasteiger partial charge is 0.373 e. The molecule has 2 nitrogen and oxygen atoms in total. The number of hydrogen-bond donors (Lipinski definition) is 0. The average molecular weight is 235 g/mol. The van der Waals surface area contributed by atoms with Crippen molar-refractivity contribution in [3.8, 4) is 6.07 Å². The molecule has 1 aromatic rings. The van der Waals surface area contributed by atoms with Crippen LogP contribution in [-0.2, 0) is 0 Å². The Balaban J connectivity index is 2.11. The molecule has 0 spiro atoms. The van der Waals surface area contributed by atoms with Crippen LogP contribution in [0.2, 0.25) is 5.02 Å². The van der Waals surface area contributed by atoms with Crippen LogP contribution in [0.25, 0.3) is 0 Å². The third-order valence-corrected chi connectivity index (χ3v) is 3.58. The van der Waals surface area contributed by atoms with Gasteiger partial charge >= 0.3 is 0 Å². The Bertz CT molecular complexity index is 436. The van der Waals surface area contributed by atoms with Gasteiger partial charge in [-0.25, -0.2) is 0 Å². The van der Waals surface area contributed by atoms with Gasteiger partial charge in [-0.1, -0.05) is 18.5 Å². The van der Waals surface area contributed by atoms with Crippen LogP contribution in [0.15, 0.2) is 18.2 Å². The first-order chi connectivity index (χ1) is 7.61. The Kier molecular flexibility index (Phi) is 3.07. The fourth-order valence-corrected chi connectivity index (χ4v) is 2.31. The van der Waals surface area contributed by atoms with Gasteiger partial charge in [-0.05, 0) is 36.5 Å². The minimum absolute atomic E-state index is 0.613. The quantitative estimate of drug-likeness (QED) is 0.803. The standard InChI is InChI=1S/C13H15ClN2/c1-9-5-11(9)8-16(2)13-4-3-10(7-15)6-12(13)14/h3-4,6,9,11H,5,8H2,1-2H3. The second-order valence-electron chi connectivity index (χ2n) is 4.63. The first-order valence-corrected chi connectivity index (χ1v) is 5.90. The van der Waals surface area contributed by atoms with E-state index in [0.717, 1.165) is 24.1 Å². The van der Waals surface area contributed by atoms with Crippen molar-refractivity contribution >= 4 is 17.3 Å². The summed E-state index contributed by atoms with van der Waals surface area (Å²) in [5, 5.41) is 9.42. The van der Waals surface area contributed by atoms with E-state index in [1.807, 2.05) is 12.1 Å². The van der Waals surface area contributed by atoms with Crippen LogP contribution in [0.1, 0.15) is 18.9 Å². The van der Waals surface area contributed by atoms with Crippen molar-refractivity contribution in [1.29, 1.82) is 5.26 Å². The molecule has 0 saturated heterocycles. The van der Waals surface area contributed by atoms with E-state index in [1.165, 1.54) is 6.42 Å². The Morgan fingerprint density at radius 3 is 2.75 bits per heavy atom. The lowest BCUT2D eigenvalue weighted by Gasteiger charge is -2.20. The van der Waals surface area contributed by atoms with Gasteiger partial charge in [0.25, 0.3) is 0 Å². The molecule has 2 rings (SSSR count). The summed E-state index contributed by atoms with van der Waals surface area (Å²) in [4.78, 5) is 2.18. The van der Waals surface area contributed by atoms with Gasteiger partial charge in [0.2, 0.25) is 0 Å². The highest BCUT2D eigenvalue weighted by Gasteiger charge is 2.33. The Hall–Kier alpha value is -1.20. The third-order valence-electron chi connectivity index (χ3n) is 3.27. The van der Waals surface area contributed by atoms with E-state index in [0.29, 0.717) is 10.6 Å². The fraction of sp³-hybridized carbons (Fsp3) is 0.462. The average Bonchev–Trinajstić information content (AvgIpc) is 2.93. The lowest BCUT2D eigenvalue weighted by Crippen LogP contribution is -2.20. The van der Waals surface area contributed by atoms with Crippen LogP contribution >= 0.6 is 11.6 Å². The van der Waals surface area contributed by atoms with Crippen LogP contribution in [0.4, 0.5) is 5.69 Å². The number of nitrogens with zero attached hydrogens (tertiary/aromatic N) is 2. The van der Waals surface area contributed by atoms with E-state index in [1.54, 1.807) is 6.07 Å². The monoisotopic (exact) mass is 234 g/mol. The first-order valence-electron chi connectivity index (χ1n) is 5.52. The van der Waals surface area contributed by atoms with Crippen LogP contribution in [0, 0.1) is 23.2 Å². The SMILES string of the molecule is CC1CC1CN(C)c1ccc(C#N)cc1Cl. The van der Waals surface area contributed by atoms with E-state index in [4.69, 9.17) is 16.9 Å². The van der Waals surface area contributed by atoms with Crippen molar-refractivity contribution in [2.45, 2.75) is 13.3 Å². The summed E-state index contributed by atoms with van der Waals surface area (Å²) in [6, 6.07) is 7.56. The van der Waals surface area contributed by atoms with Crippen LogP contribution in [-0.4, -0.2) is 13.6 Å². The Labute approximate surface area is 101 Å². The van der Waals surface area contributed by atoms with E-state index < -0.39 is 0 Å². The molecule has 0 radical (unpaired) electrons. The molecule has 0 N–H and O–H groups in total. The molecule has 1 saturated carbocycles. The van der Waals surface area contributed by atoms with Crippen LogP contribution in [0.5, 0.6) is 0 Å². The zero-order valence-electron chi connectivity index (χ0n) is 9.57. The smallest absolute Gasteiger partial charge is 0.0992 e. The van der Waals surface area contributed by atoms with Gasteiger partial charge in [0.1, 0.15) is 0 Å². The molecule has 0 aliphatic heterocycles. The topological polar surface area (TPSA) is 27.0 Å². The minimum Gasteiger partial charge on any atom is -0.373 e. The molecule has 84 valence electrons. The predicted molar refractivity (Wildman–Crippen MR) is 66.7 cm³/mol. The van der Waals surface area contributed by atoms with Crippen molar-refractivity contribution in [1.82, 2.24) is 0 Å². The highest BCUT2D eigenvalue weighted by atomic mass is 35.5. The molecule has 0 bridgehead atoms. The lowest BCUT2D eigenvalue weighted by molar-refractivity contribution is 0.725. The van der Waals surface area contributed by atoms with Crippen LogP contribution in [0.3, 0.4) is 0 Å². The molecule has 0 amide bonds. The molecule has 1 aliphatic carbocycles. The van der Waals surface area contributed by atoms with Crippen molar-refractivity contribution in [2.75, 3.05) is 18.5 Å². The number of anilines is 1. The molecular formula is C13H15ClN2. The molecule has 1 aliphatic rings. The lowest BCUT2D eigenvalue weighted by atomic mass is 10.2. The molecule has 2 unspecified atom stereocenters. The second kappa shape index (κ2) is 4.35. The van der Waals surface area contributed by atoms with Crippen LogP contribution < -0.4 is 4.90 Å². The van der Waals surface area contributed by atoms with Crippen molar-refractivity contribution in [3.05, 3.63) is 28.8 Å². The summed E-state index contributed by atoms with van der Waals surface area (Å²) in [5.41, 5.74) is 1.63. The summed E-state index contributed by atoms with van der Waals surface area (Å²) >= 11 is 6.15. The predicted octanol–water partition coefficient (Wildman–Crippen LogP) is 3.30. The zero-order valence-corrected chi connectivity index (χ0v) is 10.3. The van der Waals surface area contributed by atoms with E-state index in [9.17, 15) is 0 Å². The molecule has 3 heteroatoms. The van der Waals surface area contributed by atoms with Gasteiger partial charge in [0.15, 0.2) is 0 Å². The molecule has 16 heavy (non-hydrogen) atoms. The van der Waals surface area contributed by atoms with E-state index in [2.05, 4.69) is 24.9 Å². The zero-order chi connectivity index (χ0) is 11.7. The Morgan fingerprint density at radius 1 is 1.56 bits per heavy atom. The number of hydrogen-bond acceptors (Lipinski definition) is 2. The maximum atomic E-state index is 8.76. The number of benzene rings is 1. The van der Waals surface area contributed by atoms with E-state index >= 15 is 0 Å². The number of nitriles is 1. The summed E-state index contributed by atoms with van der Waals surface area (Å²) in [6.07, 6.45) is 1.32. The molecule has 1 fully saturated rings.